The van der Waals surface area contributed by atoms with Gasteiger partial charge >= 0.3 is 0 Å². The number of para-hydroxylation sites is 1. The van der Waals surface area contributed by atoms with Gasteiger partial charge in [0.05, 0.1) is 18.9 Å². The molecule has 6 nitrogen and oxygen atoms in total. The number of carbonyl (C=O) groups is 1. The average molecular weight is 459 g/mol. The molecule has 0 saturated heterocycles. The van der Waals surface area contributed by atoms with E-state index in [4.69, 9.17) is 4.74 Å². The third-order valence-electron chi connectivity index (χ3n) is 5.56. The predicted octanol–water partition coefficient (Wildman–Crippen LogP) is 5.25. The van der Waals surface area contributed by atoms with E-state index in [-0.39, 0.29) is 17.7 Å². The van der Waals surface area contributed by atoms with Crippen LogP contribution in [0.1, 0.15) is 18.5 Å². The lowest BCUT2D eigenvalue weighted by Gasteiger charge is -2.25. The Labute approximate surface area is 198 Å². The van der Waals surface area contributed by atoms with Crippen molar-refractivity contribution in [2.75, 3.05) is 19.9 Å². The van der Waals surface area contributed by atoms with Gasteiger partial charge in [-0.05, 0) is 36.8 Å². The van der Waals surface area contributed by atoms with Crippen molar-refractivity contribution >= 4 is 17.7 Å². The van der Waals surface area contributed by atoms with Gasteiger partial charge in [-0.2, -0.15) is 0 Å². The highest BCUT2D eigenvalue weighted by Crippen LogP contribution is 2.30. The molecule has 0 aliphatic rings. The Morgan fingerprint density at radius 1 is 1.00 bits per heavy atom. The van der Waals surface area contributed by atoms with E-state index >= 15 is 0 Å². The number of hydrogen-bond acceptors (Lipinski definition) is 5. The molecule has 0 fully saturated rings. The zero-order chi connectivity index (χ0) is 23.2. The Morgan fingerprint density at radius 2 is 1.70 bits per heavy atom. The van der Waals surface area contributed by atoms with Crippen LogP contribution >= 0.6 is 11.8 Å². The highest BCUT2D eigenvalue weighted by Gasteiger charge is 2.21. The summed E-state index contributed by atoms with van der Waals surface area (Å²) in [5.41, 5.74) is 2.92. The molecule has 0 spiro atoms. The van der Waals surface area contributed by atoms with E-state index in [1.807, 2.05) is 103 Å². The van der Waals surface area contributed by atoms with Gasteiger partial charge in [-0.25, -0.2) is 0 Å². The minimum atomic E-state index is -0.0152. The summed E-state index contributed by atoms with van der Waals surface area (Å²) in [5.74, 6) is 1.73. The van der Waals surface area contributed by atoms with Crippen LogP contribution in [0.5, 0.6) is 5.75 Å². The van der Waals surface area contributed by atoms with E-state index in [2.05, 4.69) is 10.2 Å². The van der Waals surface area contributed by atoms with Gasteiger partial charge in [-0.3, -0.25) is 9.36 Å². The summed E-state index contributed by atoms with van der Waals surface area (Å²) in [6, 6.07) is 27.6. The summed E-state index contributed by atoms with van der Waals surface area (Å²) in [7, 11) is 3.48. The second-order valence-electron chi connectivity index (χ2n) is 7.59. The quantitative estimate of drug-likeness (QED) is 0.337. The van der Waals surface area contributed by atoms with Crippen molar-refractivity contribution in [2.45, 2.75) is 18.1 Å². The summed E-state index contributed by atoms with van der Waals surface area (Å²) in [5, 5.41) is 9.54. The highest BCUT2D eigenvalue weighted by atomic mass is 32.2. The fourth-order valence-corrected chi connectivity index (χ4v) is 4.40. The van der Waals surface area contributed by atoms with Gasteiger partial charge in [-0.15, -0.1) is 10.2 Å². The number of benzene rings is 3. The van der Waals surface area contributed by atoms with Crippen LogP contribution in [0, 0.1) is 0 Å². The molecule has 0 radical (unpaired) electrons. The molecule has 33 heavy (non-hydrogen) atoms. The number of methoxy groups -OCH3 is 1. The number of hydrogen-bond donors (Lipinski definition) is 0. The van der Waals surface area contributed by atoms with Gasteiger partial charge in [0, 0.05) is 18.3 Å². The van der Waals surface area contributed by atoms with Gasteiger partial charge < -0.3 is 9.64 Å². The molecule has 3 aromatic carbocycles. The van der Waals surface area contributed by atoms with Gasteiger partial charge in [0.1, 0.15) is 5.75 Å². The molecule has 1 aromatic heterocycles. The zero-order valence-electron chi connectivity index (χ0n) is 18.9. The van der Waals surface area contributed by atoms with E-state index in [9.17, 15) is 4.79 Å². The first-order valence-corrected chi connectivity index (χ1v) is 11.7. The van der Waals surface area contributed by atoms with Crippen LogP contribution in [0.25, 0.3) is 17.1 Å². The molecule has 1 heterocycles. The van der Waals surface area contributed by atoms with Crippen LogP contribution in [0.2, 0.25) is 0 Å². The number of thioether (sulfide) groups is 1. The van der Waals surface area contributed by atoms with Crippen LogP contribution in [0.4, 0.5) is 0 Å². The minimum Gasteiger partial charge on any atom is -0.497 e. The predicted molar refractivity (Wildman–Crippen MR) is 132 cm³/mol. The zero-order valence-corrected chi connectivity index (χ0v) is 19.7. The molecular formula is C26H26N4O2S. The number of carbonyl (C=O) groups excluding carboxylic acids is 1. The van der Waals surface area contributed by atoms with Crippen molar-refractivity contribution in [1.29, 1.82) is 0 Å². The van der Waals surface area contributed by atoms with Crippen molar-refractivity contribution in [2.24, 2.45) is 0 Å². The van der Waals surface area contributed by atoms with Crippen LogP contribution in [0.15, 0.2) is 90.1 Å². The average Bonchev–Trinajstić information content (AvgIpc) is 3.31. The number of rotatable bonds is 8. The molecule has 1 unspecified atom stereocenters. The summed E-state index contributed by atoms with van der Waals surface area (Å²) in [6.07, 6.45) is 0. The monoisotopic (exact) mass is 458 g/mol. The second-order valence-corrected chi connectivity index (χ2v) is 8.53. The van der Waals surface area contributed by atoms with E-state index in [0.717, 1.165) is 22.6 Å². The van der Waals surface area contributed by atoms with Crippen molar-refractivity contribution in [3.05, 3.63) is 90.5 Å². The number of ether oxygens (including phenoxy) is 1. The van der Waals surface area contributed by atoms with Crippen molar-refractivity contribution in [3.63, 3.8) is 0 Å². The maximum absolute atomic E-state index is 13.0. The smallest absolute Gasteiger partial charge is 0.233 e. The molecule has 4 aromatic rings. The van der Waals surface area contributed by atoms with E-state index in [1.54, 1.807) is 12.0 Å². The maximum atomic E-state index is 13.0. The molecular weight excluding hydrogens is 432 g/mol. The molecule has 0 bridgehead atoms. The van der Waals surface area contributed by atoms with Gasteiger partial charge in [-0.1, -0.05) is 72.4 Å². The standard InChI is InChI=1S/C26H26N4O2S/c1-19(20-11-6-4-7-12-20)29(2)24(31)18-33-26-28-27-25(21-13-10-16-23(17-21)32-3)30(26)22-14-8-5-9-15-22/h4-17,19H,18H2,1-3H3. The first kappa shape index (κ1) is 22.6. The normalized spacial score (nSPS) is 11.7. The molecule has 4 rings (SSSR count). The lowest BCUT2D eigenvalue weighted by molar-refractivity contribution is -0.128. The Morgan fingerprint density at radius 3 is 2.39 bits per heavy atom. The Bertz CT molecular complexity index is 1210. The summed E-state index contributed by atoms with van der Waals surface area (Å²) in [4.78, 5) is 14.7. The van der Waals surface area contributed by atoms with Crippen molar-refractivity contribution in [1.82, 2.24) is 19.7 Å². The van der Waals surface area contributed by atoms with Crippen LogP contribution in [0.3, 0.4) is 0 Å². The van der Waals surface area contributed by atoms with Gasteiger partial charge in [0.15, 0.2) is 11.0 Å². The van der Waals surface area contributed by atoms with Crippen LogP contribution in [-0.4, -0.2) is 45.5 Å². The van der Waals surface area contributed by atoms with Crippen LogP contribution in [-0.2, 0) is 4.79 Å². The Hall–Kier alpha value is -3.58. The molecule has 0 saturated carbocycles. The highest BCUT2D eigenvalue weighted by molar-refractivity contribution is 7.99. The van der Waals surface area contributed by atoms with E-state index < -0.39 is 0 Å². The summed E-state index contributed by atoms with van der Waals surface area (Å²) < 4.78 is 7.36. The third-order valence-corrected chi connectivity index (χ3v) is 6.47. The fraction of sp³-hybridized carbons (Fsp3) is 0.192. The SMILES string of the molecule is COc1cccc(-c2nnc(SCC(=O)N(C)C(C)c3ccccc3)n2-c2ccccc2)c1. The number of nitrogens with zero attached hydrogens (tertiary/aromatic N) is 4. The van der Waals surface area contributed by atoms with E-state index in [0.29, 0.717) is 11.0 Å². The Balaban J connectivity index is 1.59. The number of aromatic nitrogens is 3. The fourth-order valence-electron chi connectivity index (χ4n) is 3.52. The summed E-state index contributed by atoms with van der Waals surface area (Å²) in [6.45, 7) is 2.03. The molecule has 168 valence electrons. The lowest BCUT2D eigenvalue weighted by Crippen LogP contribution is -2.31. The minimum absolute atomic E-state index is 0.0152. The van der Waals surface area contributed by atoms with E-state index in [1.165, 1.54) is 11.8 Å². The molecule has 0 aliphatic carbocycles. The molecule has 0 N–H and O–H groups in total. The molecule has 1 amide bonds. The molecule has 1 atom stereocenters. The molecule has 0 aliphatic heterocycles. The lowest BCUT2D eigenvalue weighted by atomic mass is 10.1. The molecule has 7 heteroatoms. The van der Waals surface area contributed by atoms with Crippen LogP contribution < -0.4 is 4.74 Å². The first-order valence-electron chi connectivity index (χ1n) is 10.7. The summed E-state index contributed by atoms with van der Waals surface area (Å²) >= 11 is 1.38. The van der Waals surface area contributed by atoms with Gasteiger partial charge in [0.25, 0.3) is 0 Å². The Kier molecular flexibility index (Phi) is 7.10. The number of amides is 1. The maximum Gasteiger partial charge on any atom is 0.233 e. The topological polar surface area (TPSA) is 60.3 Å². The van der Waals surface area contributed by atoms with Crippen molar-refractivity contribution < 1.29 is 9.53 Å². The largest absolute Gasteiger partial charge is 0.497 e. The third kappa shape index (κ3) is 5.09. The first-order chi connectivity index (χ1) is 16.1. The van der Waals surface area contributed by atoms with Gasteiger partial charge in [0.2, 0.25) is 5.91 Å². The second kappa shape index (κ2) is 10.4. The van der Waals surface area contributed by atoms with Crippen molar-refractivity contribution in [3.8, 4) is 22.8 Å².